The second-order valence-electron chi connectivity index (χ2n) is 6.96. The zero-order chi connectivity index (χ0) is 21.8. The molecule has 156 valence electrons. The molecule has 1 atom stereocenters. The Hall–Kier alpha value is -3.58. The number of H-pyrrole nitrogens is 1. The number of methoxy groups -OCH3 is 1. The van der Waals surface area contributed by atoms with Crippen molar-refractivity contribution >= 4 is 40.2 Å². The van der Waals surface area contributed by atoms with E-state index in [9.17, 15) is 9.59 Å². The number of fused-ring (bicyclic) bond motifs is 1. The van der Waals surface area contributed by atoms with Crippen LogP contribution in [0.4, 0.5) is 5.69 Å². The number of aromatic nitrogens is 2. The number of hydrogen-bond acceptors (Lipinski definition) is 5. The molecule has 2 N–H and O–H groups in total. The highest BCUT2D eigenvalue weighted by molar-refractivity contribution is 8.00. The second-order valence-corrected chi connectivity index (χ2v) is 8.05. The van der Waals surface area contributed by atoms with Crippen LogP contribution in [-0.4, -0.2) is 28.8 Å². The minimum atomic E-state index is -0.537. The summed E-state index contributed by atoms with van der Waals surface area (Å²) < 4.78 is 5.27. The SMILES string of the molecule is COc1ccc2nc(S[C@H](C(=O)Nc3cccc(C(C)=O)c3)c3ccccc3)[nH]c2c1. The standard InChI is InChI=1S/C24H21N3O3S/c1-15(28)17-9-6-10-18(13-17)25-23(29)22(16-7-4-3-5-8-16)31-24-26-20-12-11-19(30-2)14-21(20)27-24/h3-14,22H,1-2H3,(H,25,29)(H,26,27)/t22-/m0/s1. The van der Waals surface area contributed by atoms with E-state index in [0.717, 1.165) is 22.3 Å². The van der Waals surface area contributed by atoms with Gasteiger partial charge in [-0.3, -0.25) is 9.59 Å². The number of ether oxygens (including phenoxy) is 1. The van der Waals surface area contributed by atoms with Crippen LogP contribution in [0.5, 0.6) is 5.75 Å². The van der Waals surface area contributed by atoms with Crippen molar-refractivity contribution in [3.63, 3.8) is 0 Å². The maximum absolute atomic E-state index is 13.2. The van der Waals surface area contributed by atoms with E-state index >= 15 is 0 Å². The third kappa shape index (κ3) is 4.78. The number of carbonyl (C=O) groups is 2. The third-order valence-corrected chi connectivity index (χ3v) is 5.91. The highest BCUT2D eigenvalue weighted by Crippen LogP contribution is 2.36. The van der Waals surface area contributed by atoms with E-state index in [1.165, 1.54) is 18.7 Å². The average Bonchev–Trinajstić information content (AvgIpc) is 3.19. The summed E-state index contributed by atoms with van der Waals surface area (Å²) in [6.07, 6.45) is 0. The fourth-order valence-electron chi connectivity index (χ4n) is 3.18. The molecule has 1 amide bonds. The molecule has 6 nitrogen and oxygen atoms in total. The summed E-state index contributed by atoms with van der Waals surface area (Å²) in [6, 6.07) is 22.1. The van der Waals surface area contributed by atoms with Gasteiger partial charge in [-0.25, -0.2) is 4.98 Å². The highest BCUT2D eigenvalue weighted by atomic mass is 32.2. The fourth-order valence-corrected chi connectivity index (χ4v) is 4.19. The lowest BCUT2D eigenvalue weighted by Gasteiger charge is -2.16. The molecule has 0 saturated carbocycles. The molecule has 31 heavy (non-hydrogen) atoms. The number of amides is 1. The fraction of sp³-hybridized carbons (Fsp3) is 0.125. The first-order valence-corrected chi connectivity index (χ1v) is 10.6. The van der Waals surface area contributed by atoms with Crippen LogP contribution in [0, 0.1) is 0 Å². The van der Waals surface area contributed by atoms with Gasteiger partial charge < -0.3 is 15.0 Å². The van der Waals surface area contributed by atoms with E-state index in [4.69, 9.17) is 4.74 Å². The molecule has 0 aliphatic heterocycles. The van der Waals surface area contributed by atoms with Crippen molar-refractivity contribution in [3.05, 3.63) is 83.9 Å². The molecule has 4 aromatic rings. The van der Waals surface area contributed by atoms with Gasteiger partial charge in [0.1, 0.15) is 11.0 Å². The van der Waals surface area contributed by atoms with Crippen LogP contribution in [0.3, 0.4) is 0 Å². The molecular weight excluding hydrogens is 410 g/mol. The minimum Gasteiger partial charge on any atom is -0.497 e. The van der Waals surface area contributed by atoms with Crippen LogP contribution in [0.15, 0.2) is 78.0 Å². The molecule has 4 rings (SSSR count). The van der Waals surface area contributed by atoms with Crippen molar-refractivity contribution in [3.8, 4) is 5.75 Å². The largest absolute Gasteiger partial charge is 0.497 e. The highest BCUT2D eigenvalue weighted by Gasteiger charge is 2.24. The summed E-state index contributed by atoms with van der Waals surface area (Å²) in [6.45, 7) is 1.50. The molecule has 0 aliphatic rings. The molecule has 1 aromatic heterocycles. The zero-order valence-electron chi connectivity index (χ0n) is 17.1. The third-order valence-electron chi connectivity index (χ3n) is 4.77. The van der Waals surface area contributed by atoms with Crippen LogP contribution >= 0.6 is 11.8 Å². The Morgan fingerprint density at radius 1 is 1.03 bits per heavy atom. The molecule has 1 heterocycles. The van der Waals surface area contributed by atoms with E-state index in [2.05, 4.69) is 15.3 Å². The lowest BCUT2D eigenvalue weighted by Crippen LogP contribution is -2.19. The van der Waals surface area contributed by atoms with Crippen LogP contribution < -0.4 is 10.1 Å². The van der Waals surface area contributed by atoms with Gasteiger partial charge in [0.15, 0.2) is 10.9 Å². The van der Waals surface area contributed by atoms with Crippen LogP contribution in [0.25, 0.3) is 11.0 Å². The van der Waals surface area contributed by atoms with E-state index in [1.54, 1.807) is 31.4 Å². The Kier molecular flexibility index (Phi) is 6.04. The lowest BCUT2D eigenvalue weighted by atomic mass is 10.1. The van der Waals surface area contributed by atoms with E-state index in [0.29, 0.717) is 16.4 Å². The molecule has 0 radical (unpaired) electrons. The summed E-state index contributed by atoms with van der Waals surface area (Å²) in [5, 5.41) is 3.03. The molecule has 0 spiro atoms. The van der Waals surface area contributed by atoms with Gasteiger partial charge in [0.2, 0.25) is 5.91 Å². The predicted octanol–water partition coefficient (Wildman–Crippen LogP) is 5.25. The number of ketones is 1. The van der Waals surface area contributed by atoms with Crippen molar-refractivity contribution in [2.75, 3.05) is 12.4 Å². The molecule has 3 aromatic carbocycles. The number of aromatic amines is 1. The molecular formula is C24H21N3O3S. The second kappa shape index (κ2) is 9.06. The maximum atomic E-state index is 13.2. The lowest BCUT2D eigenvalue weighted by molar-refractivity contribution is -0.115. The van der Waals surface area contributed by atoms with Gasteiger partial charge in [-0.05, 0) is 36.8 Å². The number of hydrogen-bond donors (Lipinski definition) is 2. The van der Waals surface area contributed by atoms with Crippen molar-refractivity contribution < 1.29 is 14.3 Å². The average molecular weight is 432 g/mol. The summed E-state index contributed by atoms with van der Waals surface area (Å²) in [5.74, 6) is 0.480. The molecule has 0 unspecified atom stereocenters. The van der Waals surface area contributed by atoms with Gasteiger partial charge in [-0.15, -0.1) is 0 Å². The number of thioether (sulfide) groups is 1. The molecule has 0 fully saturated rings. The molecule has 0 saturated heterocycles. The number of Topliss-reactive ketones (excluding diaryl/α,β-unsaturated/α-hetero) is 1. The predicted molar refractivity (Wildman–Crippen MR) is 123 cm³/mol. The number of rotatable bonds is 7. The first kappa shape index (κ1) is 20.7. The van der Waals surface area contributed by atoms with E-state index < -0.39 is 5.25 Å². The van der Waals surface area contributed by atoms with E-state index in [-0.39, 0.29) is 11.7 Å². The number of carbonyl (C=O) groups excluding carboxylic acids is 2. The summed E-state index contributed by atoms with van der Waals surface area (Å²) in [7, 11) is 1.62. The Balaban J connectivity index is 1.62. The van der Waals surface area contributed by atoms with Gasteiger partial charge >= 0.3 is 0 Å². The van der Waals surface area contributed by atoms with Crippen molar-refractivity contribution in [2.45, 2.75) is 17.3 Å². The quantitative estimate of drug-likeness (QED) is 0.309. The van der Waals surface area contributed by atoms with Gasteiger partial charge in [-0.1, -0.05) is 54.2 Å². The van der Waals surface area contributed by atoms with Gasteiger partial charge in [0.05, 0.1) is 18.1 Å². The summed E-state index contributed by atoms with van der Waals surface area (Å²) >= 11 is 1.33. The summed E-state index contributed by atoms with van der Waals surface area (Å²) in [5.41, 5.74) is 3.61. The van der Waals surface area contributed by atoms with Crippen molar-refractivity contribution in [2.24, 2.45) is 0 Å². The topological polar surface area (TPSA) is 84.1 Å². The number of anilines is 1. The summed E-state index contributed by atoms with van der Waals surface area (Å²) in [4.78, 5) is 32.8. The number of nitrogens with zero attached hydrogens (tertiary/aromatic N) is 1. The Labute approximate surface area is 184 Å². The molecule has 0 aliphatic carbocycles. The van der Waals surface area contributed by atoms with Crippen LogP contribution in [0.1, 0.15) is 28.1 Å². The Bertz CT molecular complexity index is 1240. The van der Waals surface area contributed by atoms with Crippen LogP contribution in [-0.2, 0) is 4.79 Å². The Morgan fingerprint density at radius 3 is 2.58 bits per heavy atom. The first-order chi connectivity index (χ1) is 15.0. The Morgan fingerprint density at radius 2 is 1.84 bits per heavy atom. The van der Waals surface area contributed by atoms with Gasteiger partial charge in [0, 0.05) is 17.3 Å². The number of nitrogens with one attached hydrogen (secondary N) is 2. The molecule has 0 bridgehead atoms. The first-order valence-electron chi connectivity index (χ1n) is 9.71. The van der Waals surface area contributed by atoms with Gasteiger partial charge in [0.25, 0.3) is 0 Å². The zero-order valence-corrected chi connectivity index (χ0v) is 17.9. The molecule has 7 heteroatoms. The van der Waals surface area contributed by atoms with Crippen molar-refractivity contribution in [1.82, 2.24) is 9.97 Å². The number of benzene rings is 3. The normalized spacial score (nSPS) is 11.8. The van der Waals surface area contributed by atoms with Gasteiger partial charge in [-0.2, -0.15) is 0 Å². The number of imidazole rings is 1. The monoisotopic (exact) mass is 431 g/mol. The smallest absolute Gasteiger partial charge is 0.242 e. The minimum absolute atomic E-state index is 0.0530. The van der Waals surface area contributed by atoms with Crippen molar-refractivity contribution in [1.29, 1.82) is 0 Å². The van der Waals surface area contributed by atoms with Crippen LogP contribution in [0.2, 0.25) is 0 Å². The van der Waals surface area contributed by atoms with E-state index in [1.807, 2.05) is 48.5 Å². The maximum Gasteiger partial charge on any atom is 0.242 e.